The van der Waals surface area contributed by atoms with Crippen molar-refractivity contribution >= 4 is 5.97 Å². The third kappa shape index (κ3) is 18.7. The van der Waals surface area contributed by atoms with E-state index < -0.39 is 11.6 Å². The fourth-order valence-electron chi connectivity index (χ4n) is 4.26. The number of carboxylic acid groups (broad SMARTS) is 1. The van der Waals surface area contributed by atoms with Gasteiger partial charge in [0.15, 0.2) is 0 Å². The first-order valence-corrected chi connectivity index (χ1v) is 11.9. The molecule has 4 heteroatoms. The number of aliphatic carboxylic acids is 1. The molecule has 1 unspecified atom stereocenters. The van der Waals surface area contributed by atoms with Gasteiger partial charge in [-0.2, -0.15) is 0 Å². The summed E-state index contributed by atoms with van der Waals surface area (Å²) in [6.07, 6.45) is 19.1. The molecule has 0 aromatic rings. The number of carbonyl (C=O) groups is 1. The third-order valence-electron chi connectivity index (χ3n) is 5.74. The zero-order chi connectivity index (χ0) is 21.3. The van der Waals surface area contributed by atoms with Gasteiger partial charge in [0, 0.05) is 6.42 Å². The van der Waals surface area contributed by atoms with Crippen molar-refractivity contribution in [3.8, 4) is 0 Å². The molecule has 0 amide bonds. The first kappa shape index (κ1) is 27.4. The largest absolute Gasteiger partial charge is 0.481 e. The van der Waals surface area contributed by atoms with Crippen LogP contribution >= 0.6 is 0 Å². The summed E-state index contributed by atoms with van der Waals surface area (Å²) in [7, 11) is 4.17. The Morgan fingerprint density at radius 3 is 1.64 bits per heavy atom. The third-order valence-corrected chi connectivity index (χ3v) is 5.74. The monoisotopic (exact) mass is 400 g/mol. The minimum Gasteiger partial charge on any atom is -0.481 e. The fraction of sp³-hybridized carbons (Fsp3) is 0.958. The number of likely N-dealkylation sites (N-methyl/N-ethyl adjacent to an activating group) is 1. The lowest BCUT2D eigenvalue weighted by molar-refractivity contribution is -0.896. The minimum atomic E-state index is -0.737. The zero-order valence-corrected chi connectivity index (χ0v) is 19.5. The fourth-order valence-corrected chi connectivity index (χ4v) is 4.26. The number of unbranched alkanes of at least 4 members (excludes halogenated alkanes) is 12. The summed E-state index contributed by atoms with van der Waals surface area (Å²) in [6, 6.07) is 0. The van der Waals surface area contributed by atoms with Crippen molar-refractivity contribution in [3.63, 3.8) is 0 Å². The van der Waals surface area contributed by atoms with Gasteiger partial charge >= 0.3 is 5.97 Å². The van der Waals surface area contributed by atoms with E-state index in [1.54, 1.807) is 0 Å². The Morgan fingerprint density at radius 2 is 1.21 bits per heavy atom. The molecule has 0 aromatic carbocycles. The van der Waals surface area contributed by atoms with E-state index in [1.807, 2.05) is 6.92 Å². The van der Waals surface area contributed by atoms with Gasteiger partial charge in [0.1, 0.15) is 12.1 Å². The molecule has 28 heavy (non-hydrogen) atoms. The molecule has 0 fully saturated rings. The van der Waals surface area contributed by atoms with Gasteiger partial charge in [0.25, 0.3) is 0 Å². The second-order valence-electron chi connectivity index (χ2n) is 9.80. The number of hydrogen-bond donors (Lipinski definition) is 2. The second kappa shape index (κ2) is 16.2. The van der Waals surface area contributed by atoms with Crippen molar-refractivity contribution in [1.29, 1.82) is 0 Å². The van der Waals surface area contributed by atoms with Crippen LogP contribution in [0.1, 0.15) is 117 Å². The maximum Gasteiger partial charge on any atom is 0.303 e. The normalized spacial score (nSPS) is 14.2. The van der Waals surface area contributed by atoms with Crippen molar-refractivity contribution < 1.29 is 19.5 Å². The number of rotatable bonds is 20. The maximum absolute atomic E-state index is 10.7. The van der Waals surface area contributed by atoms with Crippen molar-refractivity contribution in [2.75, 3.05) is 27.2 Å². The van der Waals surface area contributed by atoms with Gasteiger partial charge in [0.05, 0.1) is 27.1 Å². The van der Waals surface area contributed by atoms with Gasteiger partial charge in [0.2, 0.25) is 0 Å². The predicted octanol–water partition coefficient (Wildman–Crippen LogP) is 6.16. The van der Waals surface area contributed by atoms with Gasteiger partial charge in [-0.15, -0.1) is 0 Å². The van der Waals surface area contributed by atoms with Crippen molar-refractivity contribution in [1.82, 2.24) is 0 Å². The number of hydrogen-bond acceptors (Lipinski definition) is 2. The summed E-state index contributed by atoms with van der Waals surface area (Å²) in [5, 5.41) is 19.5. The van der Waals surface area contributed by atoms with E-state index >= 15 is 0 Å². The average Bonchev–Trinajstić information content (AvgIpc) is 2.57. The van der Waals surface area contributed by atoms with Crippen LogP contribution in [0.2, 0.25) is 0 Å². The van der Waals surface area contributed by atoms with E-state index in [0.717, 1.165) is 19.4 Å². The van der Waals surface area contributed by atoms with Crippen LogP contribution in [-0.2, 0) is 4.79 Å². The second-order valence-corrected chi connectivity index (χ2v) is 9.80. The van der Waals surface area contributed by atoms with Crippen molar-refractivity contribution in [2.24, 2.45) is 0 Å². The van der Waals surface area contributed by atoms with Crippen molar-refractivity contribution in [3.05, 3.63) is 0 Å². The standard InChI is InChI=1S/C24H49NO3/c1-5-6-7-8-9-10-11-12-13-14-15-16-17-20-24(2,28)22-25(3,4)21-18-19-23(26)27/h28H,5-22H2,1-4H3/p+1. The Bertz CT molecular complexity index is 380. The van der Waals surface area contributed by atoms with E-state index in [-0.39, 0.29) is 6.42 Å². The Morgan fingerprint density at radius 1 is 0.786 bits per heavy atom. The van der Waals surface area contributed by atoms with E-state index in [9.17, 15) is 9.90 Å². The Hall–Kier alpha value is -0.610. The summed E-state index contributed by atoms with van der Waals surface area (Å²) in [5.41, 5.74) is -0.662. The first-order chi connectivity index (χ1) is 13.2. The summed E-state index contributed by atoms with van der Waals surface area (Å²) >= 11 is 0. The van der Waals surface area contributed by atoms with Crippen LogP contribution in [0, 0.1) is 0 Å². The molecule has 0 radical (unpaired) electrons. The van der Waals surface area contributed by atoms with E-state index in [4.69, 9.17) is 5.11 Å². The SMILES string of the molecule is CCCCCCCCCCCCCCCC(C)(O)C[N+](C)(C)CCCC(=O)O. The topological polar surface area (TPSA) is 57.5 Å². The highest BCUT2D eigenvalue weighted by Crippen LogP contribution is 2.20. The van der Waals surface area contributed by atoms with Gasteiger partial charge in [-0.3, -0.25) is 4.79 Å². The lowest BCUT2D eigenvalue weighted by Crippen LogP contribution is -2.51. The van der Waals surface area contributed by atoms with Gasteiger partial charge < -0.3 is 14.7 Å². The Labute approximate surface area is 175 Å². The van der Waals surface area contributed by atoms with Gasteiger partial charge in [-0.1, -0.05) is 90.4 Å². The quantitative estimate of drug-likeness (QED) is 0.190. The molecule has 1 atom stereocenters. The number of carboxylic acids is 1. The highest BCUT2D eigenvalue weighted by Gasteiger charge is 2.30. The maximum atomic E-state index is 10.7. The highest BCUT2D eigenvalue weighted by atomic mass is 16.4. The van der Waals surface area contributed by atoms with Crippen molar-refractivity contribution in [2.45, 2.75) is 122 Å². The van der Waals surface area contributed by atoms with Crippen LogP contribution < -0.4 is 0 Å². The molecule has 0 saturated carbocycles. The van der Waals surface area contributed by atoms with Crippen LogP contribution in [0.4, 0.5) is 0 Å². The van der Waals surface area contributed by atoms with E-state index in [0.29, 0.717) is 17.4 Å². The van der Waals surface area contributed by atoms with E-state index in [1.165, 1.54) is 77.0 Å². The molecule has 4 nitrogen and oxygen atoms in total. The van der Waals surface area contributed by atoms with Crippen LogP contribution in [0.25, 0.3) is 0 Å². The molecule has 0 heterocycles. The zero-order valence-electron chi connectivity index (χ0n) is 19.5. The number of quaternary nitrogens is 1. The summed E-state index contributed by atoms with van der Waals surface area (Å²) in [5.74, 6) is -0.737. The summed E-state index contributed by atoms with van der Waals surface area (Å²) in [4.78, 5) is 10.7. The molecule has 2 N–H and O–H groups in total. The highest BCUT2D eigenvalue weighted by molar-refractivity contribution is 5.66. The lowest BCUT2D eigenvalue weighted by atomic mass is 9.96. The summed E-state index contributed by atoms with van der Waals surface area (Å²) < 4.78 is 0.679. The molecular formula is C24H50NO3+. The molecule has 0 aromatic heterocycles. The van der Waals surface area contributed by atoms with Crippen LogP contribution in [0.3, 0.4) is 0 Å². The number of aliphatic hydroxyl groups is 1. The van der Waals surface area contributed by atoms with Crippen LogP contribution in [0.15, 0.2) is 0 Å². The predicted molar refractivity (Wildman–Crippen MR) is 120 cm³/mol. The van der Waals surface area contributed by atoms with Gasteiger partial charge in [-0.25, -0.2) is 0 Å². The minimum absolute atomic E-state index is 0.211. The Kier molecular flexibility index (Phi) is 15.9. The lowest BCUT2D eigenvalue weighted by Gasteiger charge is -2.36. The Balaban J connectivity index is 3.61. The van der Waals surface area contributed by atoms with Crippen LogP contribution in [-0.4, -0.2) is 53.5 Å². The summed E-state index contributed by atoms with van der Waals surface area (Å²) in [6.45, 7) is 5.68. The smallest absolute Gasteiger partial charge is 0.303 e. The molecular weight excluding hydrogens is 350 g/mol. The number of nitrogens with zero attached hydrogens (tertiary/aromatic N) is 1. The average molecular weight is 401 g/mol. The van der Waals surface area contributed by atoms with E-state index in [2.05, 4.69) is 21.0 Å². The molecule has 0 rings (SSSR count). The molecule has 0 bridgehead atoms. The molecule has 0 aliphatic carbocycles. The molecule has 0 spiro atoms. The molecule has 0 aliphatic heterocycles. The molecule has 168 valence electrons. The molecule has 0 aliphatic rings. The van der Waals surface area contributed by atoms with Crippen LogP contribution in [0.5, 0.6) is 0 Å². The molecule has 0 saturated heterocycles. The first-order valence-electron chi connectivity index (χ1n) is 11.9. The van der Waals surface area contributed by atoms with Gasteiger partial charge in [-0.05, 0) is 13.3 Å².